The minimum absolute atomic E-state index is 0. The van der Waals surface area contributed by atoms with Gasteiger partial charge in [0.15, 0.2) is 11.6 Å². The number of aromatic nitrogens is 2. The fourth-order valence-electron chi connectivity index (χ4n) is 3.65. The van der Waals surface area contributed by atoms with Crippen molar-refractivity contribution in [2.24, 2.45) is 5.73 Å². The van der Waals surface area contributed by atoms with Crippen LogP contribution in [0.1, 0.15) is 42.6 Å². The number of fused-ring (bicyclic) bond motifs is 1. The Morgan fingerprint density at radius 3 is 2.61 bits per heavy atom. The summed E-state index contributed by atoms with van der Waals surface area (Å²) in [6.45, 7) is 2.45. The van der Waals surface area contributed by atoms with Gasteiger partial charge in [-0.3, -0.25) is 9.59 Å². The van der Waals surface area contributed by atoms with Crippen molar-refractivity contribution >= 4 is 41.1 Å². The van der Waals surface area contributed by atoms with Gasteiger partial charge in [-0.05, 0) is 32.3 Å². The average molecular weight is 458 g/mol. The van der Waals surface area contributed by atoms with Crippen molar-refractivity contribution in [1.29, 1.82) is 0 Å². The van der Waals surface area contributed by atoms with Crippen molar-refractivity contribution in [3.63, 3.8) is 0 Å². The third-order valence-electron chi connectivity index (χ3n) is 5.36. The van der Waals surface area contributed by atoms with Gasteiger partial charge in [-0.2, -0.15) is 0 Å². The molecule has 1 aliphatic carbocycles. The first kappa shape index (κ1) is 24.5. The van der Waals surface area contributed by atoms with Gasteiger partial charge in [0.1, 0.15) is 11.2 Å². The Labute approximate surface area is 182 Å². The highest BCUT2D eigenvalue weighted by molar-refractivity contribution is 5.92. The molecule has 4 rings (SSSR count). The predicted molar refractivity (Wildman–Crippen MR) is 114 cm³/mol. The molecule has 0 radical (unpaired) electrons. The molecule has 0 spiro atoms. The lowest BCUT2D eigenvalue weighted by molar-refractivity contribution is -0.122. The van der Waals surface area contributed by atoms with Crippen molar-refractivity contribution in [3.05, 3.63) is 33.9 Å². The second kappa shape index (κ2) is 9.16. The zero-order valence-corrected chi connectivity index (χ0v) is 17.6. The molecule has 1 saturated heterocycles. The van der Waals surface area contributed by atoms with Gasteiger partial charge in [0.25, 0.3) is 0 Å². The maximum Gasteiger partial charge on any atom is 0.341 e. The smallest absolute Gasteiger partial charge is 0.341 e. The Morgan fingerprint density at radius 1 is 1.35 bits per heavy atom. The number of carbonyl (C=O) groups excluding carboxylic acids is 1. The summed E-state index contributed by atoms with van der Waals surface area (Å²) in [5.74, 6) is -2.22. The van der Waals surface area contributed by atoms with E-state index in [0.717, 1.165) is 18.9 Å². The number of pyridine rings is 2. The van der Waals surface area contributed by atoms with Crippen LogP contribution in [0.3, 0.4) is 0 Å². The molecule has 2 aliphatic rings. The Morgan fingerprint density at radius 2 is 2.03 bits per heavy atom. The molecule has 1 unspecified atom stereocenters. The quantitative estimate of drug-likeness (QED) is 0.577. The lowest BCUT2D eigenvalue weighted by Crippen LogP contribution is -2.45. The molecule has 2 aromatic rings. The van der Waals surface area contributed by atoms with Crippen molar-refractivity contribution in [1.82, 2.24) is 14.9 Å². The minimum atomic E-state index is -1.34. The van der Waals surface area contributed by atoms with Crippen LogP contribution in [0.25, 0.3) is 11.0 Å². The molecule has 10 nitrogen and oxygen atoms in total. The average Bonchev–Trinajstić information content (AvgIpc) is 3.40. The molecule has 1 aliphatic heterocycles. The highest BCUT2D eigenvalue weighted by atomic mass is 35.5. The van der Waals surface area contributed by atoms with E-state index in [0.29, 0.717) is 19.5 Å². The van der Waals surface area contributed by atoms with Gasteiger partial charge in [-0.15, -0.1) is 12.4 Å². The number of carboxylic acids is 1. The molecule has 6 N–H and O–H groups in total. The van der Waals surface area contributed by atoms with Crippen LogP contribution >= 0.6 is 12.4 Å². The van der Waals surface area contributed by atoms with E-state index in [1.807, 2.05) is 0 Å². The fraction of sp³-hybridized carbons (Fsp3) is 0.474. The molecule has 1 saturated carbocycles. The van der Waals surface area contributed by atoms with Gasteiger partial charge < -0.3 is 31.1 Å². The Balaban J connectivity index is 0.00000171. The Bertz CT molecular complexity index is 1070. The van der Waals surface area contributed by atoms with Crippen LogP contribution in [0.5, 0.6) is 0 Å². The summed E-state index contributed by atoms with van der Waals surface area (Å²) in [4.78, 5) is 41.9. The molecule has 12 heteroatoms. The highest BCUT2D eigenvalue weighted by Gasteiger charge is 2.31. The van der Waals surface area contributed by atoms with E-state index >= 15 is 0 Å². The number of halogens is 2. The SMILES string of the molecule is C[C@H](N)C(=O)NC1CCN(c2nc3c(cc2F)c(=O)c(C(=O)O)cn3C2CC2)C1.Cl.O. The van der Waals surface area contributed by atoms with Crippen molar-refractivity contribution in [2.45, 2.75) is 44.3 Å². The Kier molecular flexibility index (Phi) is 7.25. The minimum Gasteiger partial charge on any atom is -0.477 e. The summed E-state index contributed by atoms with van der Waals surface area (Å²) >= 11 is 0. The summed E-state index contributed by atoms with van der Waals surface area (Å²) in [7, 11) is 0. The number of nitrogens with two attached hydrogens (primary N) is 1. The lowest BCUT2D eigenvalue weighted by atomic mass is 10.2. The third-order valence-corrected chi connectivity index (χ3v) is 5.36. The van der Waals surface area contributed by atoms with Crippen LogP contribution in [-0.2, 0) is 4.79 Å². The number of hydrogen-bond acceptors (Lipinski definition) is 6. The number of carboxylic acid groups (broad SMARTS) is 1. The topological polar surface area (TPSA) is 162 Å². The molecule has 1 amide bonds. The van der Waals surface area contributed by atoms with Crippen LogP contribution in [0.4, 0.5) is 10.2 Å². The Hall–Kier alpha value is -2.76. The van der Waals surface area contributed by atoms with Gasteiger partial charge >= 0.3 is 5.97 Å². The van der Waals surface area contributed by atoms with Gasteiger partial charge in [0.05, 0.1) is 11.4 Å². The molecule has 2 fully saturated rings. The van der Waals surface area contributed by atoms with E-state index < -0.39 is 28.8 Å². The summed E-state index contributed by atoms with van der Waals surface area (Å²) in [6.07, 6.45) is 3.61. The summed E-state index contributed by atoms with van der Waals surface area (Å²) < 4.78 is 16.5. The normalized spacial score (nSPS) is 18.8. The van der Waals surface area contributed by atoms with E-state index in [1.54, 1.807) is 16.4 Å². The van der Waals surface area contributed by atoms with E-state index in [4.69, 9.17) is 5.73 Å². The van der Waals surface area contributed by atoms with E-state index in [-0.39, 0.29) is 52.7 Å². The molecule has 0 bridgehead atoms. The molecule has 0 aromatic carbocycles. The molecule has 31 heavy (non-hydrogen) atoms. The van der Waals surface area contributed by atoms with Gasteiger partial charge in [-0.1, -0.05) is 0 Å². The number of carbonyl (C=O) groups is 2. The van der Waals surface area contributed by atoms with Crippen LogP contribution < -0.4 is 21.4 Å². The lowest BCUT2D eigenvalue weighted by Gasteiger charge is -2.20. The maximum atomic E-state index is 14.8. The number of anilines is 1. The molecular formula is C19H25ClFN5O5. The van der Waals surface area contributed by atoms with Gasteiger partial charge in [0, 0.05) is 31.4 Å². The first-order chi connectivity index (χ1) is 13.8. The van der Waals surface area contributed by atoms with E-state index in [1.165, 1.54) is 6.20 Å². The second-order valence-electron chi connectivity index (χ2n) is 7.71. The number of nitrogens with one attached hydrogen (secondary N) is 1. The van der Waals surface area contributed by atoms with Crippen molar-refractivity contribution in [3.8, 4) is 0 Å². The zero-order valence-electron chi connectivity index (χ0n) is 16.8. The molecular weight excluding hydrogens is 433 g/mol. The van der Waals surface area contributed by atoms with Crippen LogP contribution in [0.2, 0.25) is 0 Å². The van der Waals surface area contributed by atoms with Gasteiger partial charge in [0.2, 0.25) is 11.3 Å². The van der Waals surface area contributed by atoms with Gasteiger partial charge in [-0.25, -0.2) is 14.2 Å². The number of hydrogen-bond donors (Lipinski definition) is 3. The number of nitrogens with zero attached hydrogens (tertiary/aromatic N) is 3. The van der Waals surface area contributed by atoms with Crippen molar-refractivity contribution in [2.75, 3.05) is 18.0 Å². The first-order valence-corrected chi connectivity index (χ1v) is 9.56. The zero-order chi connectivity index (χ0) is 20.9. The van der Waals surface area contributed by atoms with E-state index in [9.17, 15) is 23.9 Å². The summed E-state index contributed by atoms with van der Waals surface area (Å²) in [6, 6.07) is 0.319. The highest BCUT2D eigenvalue weighted by Crippen LogP contribution is 2.37. The molecule has 2 aromatic heterocycles. The monoisotopic (exact) mass is 457 g/mol. The largest absolute Gasteiger partial charge is 0.477 e. The first-order valence-electron chi connectivity index (χ1n) is 9.56. The molecule has 3 heterocycles. The number of amides is 1. The third kappa shape index (κ3) is 4.63. The predicted octanol–water partition coefficient (Wildman–Crippen LogP) is 0.208. The van der Waals surface area contributed by atoms with Crippen molar-refractivity contribution < 1.29 is 24.6 Å². The fourth-order valence-corrected chi connectivity index (χ4v) is 3.65. The van der Waals surface area contributed by atoms with Crippen LogP contribution in [0.15, 0.2) is 17.1 Å². The maximum absolute atomic E-state index is 14.8. The van der Waals surface area contributed by atoms with Crippen LogP contribution in [-0.4, -0.2) is 57.2 Å². The number of aromatic carboxylic acids is 1. The second-order valence-corrected chi connectivity index (χ2v) is 7.71. The summed E-state index contributed by atoms with van der Waals surface area (Å²) in [5.41, 5.74) is 4.72. The molecule has 2 atom stereocenters. The molecule has 170 valence electrons. The van der Waals surface area contributed by atoms with E-state index in [2.05, 4.69) is 10.3 Å². The van der Waals surface area contributed by atoms with Crippen LogP contribution in [0, 0.1) is 5.82 Å². The summed E-state index contributed by atoms with van der Waals surface area (Å²) in [5, 5.41) is 12.1. The standard InChI is InChI=1S/C19H22FN5O4.ClH.H2O/c1-9(21)18(27)22-10-4-5-24(7-10)17-14(20)6-12-15(26)13(19(28)29)8-25(11-2-3-11)16(12)23-17;;/h6,8-11H,2-5,7,21H2,1H3,(H,22,27)(H,28,29);1H;1H2/t9-,10?;;/m0../s1. The number of rotatable bonds is 5.